The van der Waals surface area contributed by atoms with Crippen molar-refractivity contribution in [3.63, 3.8) is 0 Å². The summed E-state index contributed by atoms with van der Waals surface area (Å²) in [5.74, 6) is -0.284. The number of aliphatic hydroxyl groups is 1. The number of nitrogens with zero attached hydrogens (tertiary/aromatic N) is 5. The standard InChI is InChI=1S/C39H43N5O3/c1-4-6-18-42(19-7-5-2)39(47)36-20-27(3)44(41-36)37-17-16-29(32-21-30-13-10-11-15-35(30)40-24-32)23-34(37)38(46)43-25-31-14-9-8-12-28(31)22-33(43)26-45/h8-17,20-21,23-24,33,45H,4-7,18-19,22,25-26H2,1-3H3/t33-/m0/s1. The zero-order valence-electron chi connectivity index (χ0n) is 27.5. The van der Waals surface area contributed by atoms with Crippen molar-refractivity contribution in [3.8, 4) is 16.8 Å². The van der Waals surface area contributed by atoms with Gasteiger partial charge in [-0.15, -0.1) is 0 Å². The summed E-state index contributed by atoms with van der Waals surface area (Å²) in [4.78, 5) is 36.7. The van der Waals surface area contributed by atoms with Gasteiger partial charge in [0.15, 0.2) is 5.69 Å². The summed E-state index contributed by atoms with van der Waals surface area (Å²) in [5, 5.41) is 16.3. The van der Waals surface area contributed by atoms with Gasteiger partial charge in [-0.1, -0.05) is 75.2 Å². The van der Waals surface area contributed by atoms with E-state index < -0.39 is 0 Å². The summed E-state index contributed by atoms with van der Waals surface area (Å²) in [6.45, 7) is 7.80. The quantitative estimate of drug-likeness (QED) is 0.170. The summed E-state index contributed by atoms with van der Waals surface area (Å²) in [5.41, 5.74) is 7.03. The smallest absolute Gasteiger partial charge is 0.274 e. The summed E-state index contributed by atoms with van der Waals surface area (Å²) in [6.07, 6.45) is 6.28. The van der Waals surface area contributed by atoms with E-state index in [0.29, 0.717) is 43.0 Å². The highest BCUT2D eigenvalue weighted by atomic mass is 16.3. The number of aryl methyl sites for hydroxylation is 1. The van der Waals surface area contributed by atoms with E-state index in [2.05, 4.69) is 31.0 Å². The van der Waals surface area contributed by atoms with E-state index in [-0.39, 0.29) is 24.5 Å². The van der Waals surface area contributed by atoms with Crippen molar-refractivity contribution in [2.24, 2.45) is 0 Å². The molecule has 6 rings (SSSR count). The van der Waals surface area contributed by atoms with Crippen molar-refractivity contribution in [2.75, 3.05) is 19.7 Å². The van der Waals surface area contributed by atoms with Crippen LogP contribution >= 0.6 is 0 Å². The maximum absolute atomic E-state index is 14.6. The summed E-state index contributed by atoms with van der Waals surface area (Å²) in [7, 11) is 0. The summed E-state index contributed by atoms with van der Waals surface area (Å²) in [6, 6.07) is 25.4. The molecule has 5 aromatic rings. The molecule has 0 saturated heterocycles. The zero-order valence-corrected chi connectivity index (χ0v) is 27.5. The molecule has 3 heterocycles. The van der Waals surface area contributed by atoms with Crippen molar-refractivity contribution < 1.29 is 14.7 Å². The predicted octanol–water partition coefficient (Wildman–Crippen LogP) is 7.00. The number of fused-ring (bicyclic) bond motifs is 2. The molecule has 0 saturated carbocycles. The molecular weight excluding hydrogens is 586 g/mol. The highest BCUT2D eigenvalue weighted by Crippen LogP contribution is 2.31. The van der Waals surface area contributed by atoms with Crippen LogP contribution in [0, 0.1) is 6.92 Å². The molecule has 47 heavy (non-hydrogen) atoms. The van der Waals surface area contributed by atoms with Crippen LogP contribution < -0.4 is 0 Å². The number of pyridine rings is 1. The molecule has 1 aliphatic heterocycles. The monoisotopic (exact) mass is 629 g/mol. The SMILES string of the molecule is CCCCN(CCCC)C(=O)c1cc(C)n(-c2ccc(-c3cnc4ccccc4c3)cc2C(=O)N2Cc3ccccc3C[C@H]2CO)n1. The number of carbonyl (C=O) groups excluding carboxylic acids is 2. The second-order valence-electron chi connectivity index (χ2n) is 12.5. The van der Waals surface area contributed by atoms with Crippen LogP contribution in [-0.2, 0) is 13.0 Å². The average molecular weight is 630 g/mol. The normalized spacial score (nSPS) is 14.3. The Kier molecular flexibility index (Phi) is 9.78. The first kappa shape index (κ1) is 32.1. The van der Waals surface area contributed by atoms with Gasteiger partial charge < -0.3 is 14.9 Å². The molecule has 2 amide bonds. The third-order valence-electron chi connectivity index (χ3n) is 9.16. The molecule has 8 nitrogen and oxygen atoms in total. The van der Waals surface area contributed by atoms with Crippen LogP contribution in [0.25, 0.3) is 27.7 Å². The highest BCUT2D eigenvalue weighted by molar-refractivity contribution is 6.00. The first-order valence-electron chi connectivity index (χ1n) is 16.8. The lowest BCUT2D eigenvalue weighted by Crippen LogP contribution is -2.46. The number of aliphatic hydroxyl groups excluding tert-OH is 1. The number of para-hydroxylation sites is 1. The van der Waals surface area contributed by atoms with Gasteiger partial charge in [-0.05, 0) is 73.2 Å². The van der Waals surface area contributed by atoms with Gasteiger partial charge in [-0.25, -0.2) is 4.68 Å². The molecule has 0 aliphatic carbocycles. The molecule has 1 aliphatic rings. The van der Waals surface area contributed by atoms with E-state index in [1.165, 1.54) is 0 Å². The Hall–Kier alpha value is -4.82. The maximum Gasteiger partial charge on any atom is 0.274 e. The van der Waals surface area contributed by atoms with Gasteiger partial charge in [0.25, 0.3) is 11.8 Å². The van der Waals surface area contributed by atoms with Gasteiger partial charge in [-0.2, -0.15) is 5.10 Å². The highest BCUT2D eigenvalue weighted by Gasteiger charge is 2.32. The van der Waals surface area contributed by atoms with Crippen LogP contribution in [0.5, 0.6) is 0 Å². The first-order valence-corrected chi connectivity index (χ1v) is 16.8. The Morgan fingerprint density at radius 1 is 0.894 bits per heavy atom. The molecule has 1 atom stereocenters. The number of rotatable bonds is 11. The van der Waals surface area contributed by atoms with Gasteiger partial charge >= 0.3 is 0 Å². The van der Waals surface area contributed by atoms with E-state index in [9.17, 15) is 14.7 Å². The number of benzene rings is 3. The van der Waals surface area contributed by atoms with Crippen molar-refractivity contribution in [1.82, 2.24) is 24.6 Å². The Morgan fingerprint density at radius 3 is 2.36 bits per heavy atom. The lowest BCUT2D eigenvalue weighted by atomic mass is 9.93. The van der Waals surface area contributed by atoms with Crippen LogP contribution in [0.2, 0.25) is 0 Å². The number of hydrogen-bond donors (Lipinski definition) is 1. The third kappa shape index (κ3) is 6.69. The Bertz CT molecular complexity index is 1890. The molecule has 0 bridgehead atoms. The van der Waals surface area contributed by atoms with Crippen LogP contribution in [-0.4, -0.2) is 67.2 Å². The van der Waals surface area contributed by atoms with Crippen molar-refractivity contribution in [3.05, 3.63) is 113 Å². The van der Waals surface area contributed by atoms with Crippen LogP contribution in [0.1, 0.15) is 77.2 Å². The second kappa shape index (κ2) is 14.3. The molecule has 8 heteroatoms. The fourth-order valence-electron chi connectivity index (χ4n) is 6.44. The number of aromatic nitrogens is 3. The van der Waals surface area contributed by atoms with E-state index >= 15 is 0 Å². The Balaban J connectivity index is 1.43. The minimum absolute atomic E-state index is 0.0894. The molecule has 0 spiro atoms. The van der Waals surface area contributed by atoms with Crippen molar-refractivity contribution >= 4 is 22.7 Å². The third-order valence-corrected chi connectivity index (χ3v) is 9.16. The Labute approximate surface area is 276 Å². The molecule has 0 unspecified atom stereocenters. The van der Waals surface area contributed by atoms with Crippen molar-refractivity contribution in [2.45, 2.75) is 65.5 Å². The fourth-order valence-corrected chi connectivity index (χ4v) is 6.44. The molecule has 242 valence electrons. The van der Waals surface area contributed by atoms with Gasteiger partial charge in [0.2, 0.25) is 0 Å². The lowest BCUT2D eigenvalue weighted by Gasteiger charge is -2.36. The van der Waals surface area contributed by atoms with Crippen LogP contribution in [0.4, 0.5) is 0 Å². The molecule has 2 aromatic heterocycles. The van der Waals surface area contributed by atoms with Gasteiger partial charge in [0.05, 0.1) is 29.4 Å². The molecule has 1 N–H and O–H groups in total. The summed E-state index contributed by atoms with van der Waals surface area (Å²) < 4.78 is 1.71. The van der Waals surface area contributed by atoms with E-state index in [1.54, 1.807) is 9.58 Å². The maximum atomic E-state index is 14.6. The number of unbranched alkanes of at least 4 members (excludes halogenated alkanes) is 2. The van der Waals surface area contributed by atoms with Gasteiger partial charge in [0.1, 0.15) is 0 Å². The van der Waals surface area contributed by atoms with Crippen molar-refractivity contribution in [1.29, 1.82) is 0 Å². The van der Waals surface area contributed by atoms with E-state index in [4.69, 9.17) is 5.10 Å². The van der Waals surface area contributed by atoms with E-state index in [0.717, 1.165) is 64.5 Å². The first-order chi connectivity index (χ1) is 22.9. The number of hydrogen-bond acceptors (Lipinski definition) is 5. The summed E-state index contributed by atoms with van der Waals surface area (Å²) >= 11 is 0. The lowest BCUT2D eigenvalue weighted by molar-refractivity contribution is 0.0544. The molecule has 3 aromatic carbocycles. The molecular formula is C39H43N5O3. The van der Waals surface area contributed by atoms with Gasteiger partial charge in [-0.3, -0.25) is 14.6 Å². The largest absolute Gasteiger partial charge is 0.394 e. The minimum Gasteiger partial charge on any atom is -0.394 e. The Morgan fingerprint density at radius 2 is 1.62 bits per heavy atom. The number of carbonyl (C=O) groups is 2. The fraction of sp³-hybridized carbons (Fsp3) is 0.333. The molecule has 0 fully saturated rings. The zero-order chi connectivity index (χ0) is 32.9. The number of amides is 2. The van der Waals surface area contributed by atoms with Crippen LogP contribution in [0.3, 0.4) is 0 Å². The van der Waals surface area contributed by atoms with E-state index in [1.807, 2.05) is 84.8 Å². The van der Waals surface area contributed by atoms with Crippen LogP contribution in [0.15, 0.2) is 85.1 Å². The van der Waals surface area contributed by atoms with Gasteiger partial charge in [0, 0.05) is 42.5 Å². The predicted molar refractivity (Wildman–Crippen MR) is 186 cm³/mol. The second-order valence-corrected chi connectivity index (χ2v) is 12.5. The molecule has 0 radical (unpaired) electrons. The minimum atomic E-state index is -0.363. The topological polar surface area (TPSA) is 91.6 Å². The average Bonchev–Trinajstić information content (AvgIpc) is 3.51.